The molecule has 3 fully saturated rings. The highest BCUT2D eigenvalue weighted by Crippen LogP contribution is 2.33. The first kappa shape index (κ1) is 33.7. The lowest BCUT2D eigenvalue weighted by molar-refractivity contribution is -0.157. The molecule has 2 amide bonds. The smallest absolute Gasteiger partial charge is 0.335 e. The van der Waals surface area contributed by atoms with Crippen LogP contribution in [0.15, 0.2) is 48.5 Å². The van der Waals surface area contributed by atoms with E-state index in [2.05, 4.69) is 17.1 Å². The Hall–Kier alpha value is -3.14. The second-order valence-electron chi connectivity index (χ2n) is 12.4. The molecule has 5 rings (SSSR count). The summed E-state index contributed by atoms with van der Waals surface area (Å²) in [6, 6.07) is 12.9. The summed E-state index contributed by atoms with van der Waals surface area (Å²) < 4.78 is 5.86. The lowest BCUT2D eigenvalue weighted by Crippen LogP contribution is -2.69. The van der Waals surface area contributed by atoms with Gasteiger partial charge >= 0.3 is 5.97 Å². The van der Waals surface area contributed by atoms with Gasteiger partial charge in [-0.3, -0.25) is 14.5 Å². The Morgan fingerprint density at radius 1 is 0.955 bits per heavy atom. The van der Waals surface area contributed by atoms with Gasteiger partial charge in [-0.1, -0.05) is 44.7 Å². The van der Waals surface area contributed by atoms with Gasteiger partial charge in [-0.25, -0.2) is 4.79 Å². The topological polar surface area (TPSA) is 119 Å². The number of halogens is 1. The molecule has 2 aliphatic heterocycles. The molecule has 0 bridgehead atoms. The van der Waals surface area contributed by atoms with Gasteiger partial charge < -0.3 is 25.2 Å². The lowest BCUT2D eigenvalue weighted by atomic mass is 9.80. The standard InChI is InChI=1S/C34H45N3O6.ClH/c1-2-3-19-37-30(32(39)35-29(33(37)40)31(38)25-7-5-4-6-8-25)24-17-20-36(21-18-24)22-23-9-13-27(14-10-23)43-28-15-11-26(12-16-28)34(41)42;/h9-16,24-25,29-31,38H,2-8,17-22H2,1H3,(H,35,39)(H,41,42);1H/t29-,30-,31-;/m1./s1. The van der Waals surface area contributed by atoms with Crippen LogP contribution in [0.1, 0.15) is 80.6 Å². The fourth-order valence-electron chi connectivity index (χ4n) is 6.93. The molecule has 2 aromatic carbocycles. The molecule has 0 aromatic heterocycles. The second kappa shape index (κ2) is 15.7. The molecular weight excluding hydrogens is 582 g/mol. The number of piperidine rings is 1. The number of nitrogens with one attached hydrogen (secondary N) is 1. The van der Waals surface area contributed by atoms with Gasteiger partial charge in [-0.15, -0.1) is 12.4 Å². The Morgan fingerprint density at radius 3 is 2.16 bits per heavy atom. The van der Waals surface area contributed by atoms with Crippen LogP contribution in [0.25, 0.3) is 0 Å². The largest absolute Gasteiger partial charge is 0.478 e. The average molecular weight is 628 g/mol. The maximum Gasteiger partial charge on any atom is 0.335 e. The molecule has 9 nitrogen and oxygen atoms in total. The van der Waals surface area contributed by atoms with E-state index in [0.29, 0.717) is 18.0 Å². The zero-order valence-corrected chi connectivity index (χ0v) is 26.3. The van der Waals surface area contributed by atoms with Crippen molar-refractivity contribution in [3.63, 3.8) is 0 Å². The van der Waals surface area contributed by atoms with Crippen molar-refractivity contribution in [1.82, 2.24) is 15.1 Å². The molecule has 0 spiro atoms. The summed E-state index contributed by atoms with van der Waals surface area (Å²) in [4.78, 5) is 42.5. The maximum atomic E-state index is 13.7. The average Bonchev–Trinajstić information content (AvgIpc) is 3.03. The number of hydrogen-bond donors (Lipinski definition) is 3. The highest BCUT2D eigenvalue weighted by Gasteiger charge is 2.48. The van der Waals surface area contributed by atoms with E-state index in [0.717, 1.165) is 76.6 Å². The first-order valence-corrected chi connectivity index (χ1v) is 16.0. The Labute approximate surface area is 266 Å². The number of carboxylic acid groups (broad SMARTS) is 1. The maximum absolute atomic E-state index is 13.7. The van der Waals surface area contributed by atoms with Crippen LogP contribution in [0.4, 0.5) is 0 Å². The van der Waals surface area contributed by atoms with Crippen molar-refractivity contribution >= 4 is 30.2 Å². The number of carbonyl (C=O) groups excluding carboxylic acids is 2. The van der Waals surface area contributed by atoms with Gasteiger partial charge in [0, 0.05) is 13.1 Å². The minimum absolute atomic E-state index is 0. The van der Waals surface area contributed by atoms with Crippen LogP contribution in [0, 0.1) is 11.8 Å². The number of aliphatic hydroxyl groups excluding tert-OH is 1. The number of likely N-dealkylation sites (tertiary alicyclic amines) is 1. The zero-order valence-electron chi connectivity index (χ0n) is 25.5. The normalized spacial score (nSPS) is 22.6. The Morgan fingerprint density at radius 2 is 1.57 bits per heavy atom. The van der Waals surface area contributed by atoms with Crippen molar-refractivity contribution in [3.8, 4) is 11.5 Å². The third kappa shape index (κ3) is 8.11. The first-order chi connectivity index (χ1) is 20.8. The van der Waals surface area contributed by atoms with Gasteiger partial charge in [0.1, 0.15) is 23.6 Å². The molecule has 1 saturated carbocycles. The number of hydrogen-bond acceptors (Lipinski definition) is 6. The minimum Gasteiger partial charge on any atom is -0.478 e. The molecule has 2 heterocycles. The molecule has 0 radical (unpaired) electrons. The number of amides is 2. The van der Waals surface area contributed by atoms with E-state index in [1.807, 2.05) is 24.3 Å². The van der Waals surface area contributed by atoms with E-state index in [-0.39, 0.29) is 41.6 Å². The zero-order chi connectivity index (χ0) is 30.3. The van der Waals surface area contributed by atoms with Crippen LogP contribution in [0.5, 0.6) is 11.5 Å². The molecule has 2 saturated heterocycles. The van der Waals surface area contributed by atoms with Gasteiger partial charge in [-0.2, -0.15) is 0 Å². The molecule has 3 N–H and O–H groups in total. The minimum atomic E-state index is -0.970. The highest BCUT2D eigenvalue weighted by atomic mass is 35.5. The third-order valence-electron chi connectivity index (χ3n) is 9.42. The number of carboxylic acids is 1. The molecule has 240 valence electrons. The number of aromatic carboxylic acids is 1. The first-order valence-electron chi connectivity index (χ1n) is 16.0. The summed E-state index contributed by atoms with van der Waals surface area (Å²) in [5.41, 5.74) is 1.37. The van der Waals surface area contributed by atoms with Crippen molar-refractivity contribution in [3.05, 3.63) is 59.7 Å². The van der Waals surface area contributed by atoms with E-state index in [1.54, 1.807) is 17.0 Å². The number of carbonyl (C=O) groups is 3. The third-order valence-corrected chi connectivity index (χ3v) is 9.42. The summed E-state index contributed by atoms with van der Waals surface area (Å²) in [7, 11) is 0. The van der Waals surface area contributed by atoms with E-state index >= 15 is 0 Å². The SMILES string of the molecule is CCCCN1C(=O)[C@@H]([C@H](O)C2CCCCC2)NC(=O)[C@H]1C1CCN(Cc2ccc(Oc3ccc(C(=O)O)cc3)cc2)CC1.Cl. The van der Waals surface area contributed by atoms with Crippen molar-refractivity contribution in [2.24, 2.45) is 11.8 Å². The fraction of sp³-hybridized carbons (Fsp3) is 0.559. The quantitative estimate of drug-likeness (QED) is 0.311. The molecule has 3 atom stereocenters. The summed E-state index contributed by atoms with van der Waals surface area (Å²) >= 11 is 0. The van der Waals surface area contributed by atoms with Crippen LogP contribution in [0.2, 0.25) is 0 Å². The molecule has 2 aromatic rings. The molecule has 44 heavy (non-hydrogen) atoms. The number of ether oxygens (including phenoxy) is 1. The van der Waals surface area contributed by atoms with Gasteiger partial charge in [0.15, 0.2) is 0 Å². The summed E-state index contributed by atoms with van der Waals surface area (Å²) in [5.74, 6) is 0.226. The van der Waals surface area contributed by atoms with Crippen molar-refractivity contribution in [1.29, 1.82) is 0 Å². The Bertz CT molecular complexity index is 1240. The predicted octanol–water partition coefficient (Wildman–Crippen LogP) is 5.25. The van der Waals surface area contributed by atoms with Gasteiger partial charge in [0.2, 0.25) is 11.8 Å². The van der Waals surface area contributed by atoms with Crippen LogP contribution < -0.4 is 10.1 Å². The highest BCUT2D eigenvalue weighted by molar-refractivity contribution is 5.97. The van der Waals surface area contributed by atoms with Gasteiger partial charge in [0.05, 0.1) is 11.7 Å². The monoisotopic (exact) mass is 627 g/mol. The Kier molecular flexibility index (Phi) is 12.1. The number of rotatable bonds is 11. The van der Waals surface area contributed by atoms with Gasteiger partial charge in [0.25, 0.3) is 0 Å². The van der Waals surface area contributed by atoms with Crippen LogP contribution >= 0.6 is 12.4 Å². The van der Waals surface area contributed by atoms with Crippen molar-refractivity contribution in [2.75, 3.05) is 19.6 Å². The van der Waals surface area contributed by atoms with E-state index in [9.17, 15) is 19.5 Å². The number of aliphatic hydroxyl groups is 1. The van der Waals surface area contributed by atoms with E-state index in [4.69, 9.17) is 9.84 Å². The predicted molar refractivity (Wildman–Crippen MR) is 170 cm³/mol. The summed E-state index contributed by atoms with van der Waals surface area (Å²) in [6.07, 6.45) is 7.75. The number of nitrogens with zero attached hydrogens (tertiary/aromatic N) is 2. The molecule has 0 unspecified atom stereocenters. The summed E-state index contributed by atoms with van der Waals surface area (Å²) in [5, 5.41) is 23.1. The van der Waals surface area contributed by atoms with Crippen LogP contribution in [-0.2, 0) is 16.1 Å². The molecule has 3 aliphatic rings. The molecule has 1 aliphatic carbocycles. The van der Waals surface area contributed by atoms with Crippen LogP contribution in [0.3, 0.4) is 0 Å². The molecular formula is C34H46ClN3O6. The van der Waals surface area contributed by atoms with E-state index in [1.165, 1.54) is 18.6 Å². The fourth-order valence-corrected chi connectivity index (χ4v) is 6.93. The Balaban J connectivity index is 0.00000442. The van der Waals surface area contributed by atoms with Crippen molar-refractivity contribution < 1.29 is 29.3 Å². The lowest BCUT2D eigenvalue weighted by Gasteiger charge is -2.46. The number of piperazine rings is 1. The van der Waals surface area contributed by atoms with Crippen molar-refractivity contribution in [2.45, 2.75) is 89.4 Å². The number of unbranched alkanes of at least 4 members (excludes halogenated alkanes) is 1. The second-order valence-corrected chi connectivity index (χ2v) is 12.4. The van der Waals surface area contributed by atoms with Gasteiger partial charge in [-0.05, 0) is 99.0 Å². The number of benzene rings is 2. The van der Waals surface area contributed by atoms with Crippen LogP contribution in [-0.4, -0.2) is 75.6 Å². The van der Waals surface area contributed by atoms with E-state index < -0.39 is 24.2 Å². The molecule has 10 heteroatoms. The summed E-state index contributed by atoms with van der Waals surface area (Å²) in [6.45, 7) is 5.11.